The largest absolute Gasteiger partial charge is 0.505 e. The van der Waals surface area contributed by atoms with Gasteiger partial charge in [0.25, 0.3) is 0 Å². The molecule has 0 aliphatic rings. The molecule has 0 aliphatic heterocycles. The summed E-state index contributed by atoms with van der Waals surface area (Å²) in [5.41, 5.74) is 0.263. The van der Waals surface area contributed by atoms with Crippen LogP contribution in [-0.2, 0) is 0 Å². The van der Waals surface area contributed by atoms with Gasteiger partial charge in [-0.1, -0.05) is 0 Å². The zero-order valence-corrected chi connectivity index (χ0v) is 11.5. The lowest BCUT2D eigenvalue weighted by Gasteiger charge is -1.93. The molecule has 0 fully saturated rings. The number of benzene rings is 1. The molecule has 0 heterocycles. The van der Waals surface area contributed by atoms with Crippen molar-refractivity contribution in [1.82, 2.24) is 0 Å². The van der Waals surface area contributed by atoms with E-state index in [1.165, 1.54) is 6.07 Å². The van der Waals surface area contributed by atoms with E-state index in [2.05, 4.69) is 47.3 Å². The van der Waals surface area contributed by atoms with Crippen LogP contribution in [0.3, 0.4) is 0 Å². The number of hydrogen-bond donors (Lipinski definition) is 1. The second-order valence-corrected chi connectivity index (χ2v) is 8.51. The standard InChI is InChI=1S/C7H5FO2.BBr3/c8-6-2-1-5(4-9)3-7(6)10;2-1(3)4/h1-4,10H;. The SMILES string of the molecule is BrB(Br)Br.O=Cc1ccc(F)c(O)c1. The van der Waals surface area contributed by atoms with E-state index >= 15 is 0 Å². The minimum Gasteiger partial charge on any atom is -0.505 e. The van der Waals surface area contributed by atoms with Gasteiger partial charge in [-0.15, -0.1) is 47.3 Å². The Morgan fingerprint density at radius 2 is 1.86 bits per heavy atom. The predicted molar refractivity (Wildman–Crippen MR) is 66.0 cm³/mol. The molecule has 2 nitrogen and oxygen atoms in total. The van der Waals surface area contributed by atoms with Crippen LogP contribution < -0.4 is 0 Å². The van der Waals surface area contributed by atoms with Gasteiger partial charge in [0.05, 0.1) is 0 Å². The fourth-order valence-electron chi connectivity index (χ4n) is 0.603. The maximum Gasteiger partial charge on any atom is 0.369 e. The van der Waals surface area contributed by atoms with Crippen molar-refractivity contribution in [1.29, 1.82) is 0 Å². The first kappa shape index (κ1) is 14.1. The van der Waals surface area contributed by atoms with Gasteiger partial charge in [0, 0.05) is 5.56 Å². The molecular formula is C7H5BBr3FO2. The molecule has 14 heavy (non-hydrogen) atoms. The molecule has 0 amide bonds. The lowest BCUT2D eigenvalue weighted by atomic mass is 10.2. The highest BCUT2D eigenvalue weighted by Crippen LogP contribution is 2.14. The molecule has 1 aromatic carbocycles. The van der Waals surface area contributed by atoms with Crippen molar-refractivity contribution in [2.45, 2.75) is 0 Å². The number of aldehydes is 1. The zero-order chi connectivity index (χ0) is 11.1. The molecule has 0 saturated carbocycles. The second kappa shape index (κ2) is 7.42. The van der Waals surface area contributed by atoms with E-state index in [9.17, 15) is 9.18 Å². The van der Waals surface area contributed by atoms with E-state index in [1.807, 2.05) is 0 Å². The Morgan fingerprint density at radius 1 is 1.36 bits per heavy atom. The third-order valence-corrected chi connectivity index (χ3v) is 1.11. The molecule has 1 rings (SSSR count). The highest BCUT2D eigenvalue weighted by Gasteiger charge is 1.98. The Kier molecular flexibility index (Phi) is 7.49. The molecule has 0 unspecified atom stereocenters. The van der Waals surface area contributed by atoms with Crippen molar-refractivity contribution >= 4 is 56.7 Å². The quantitative estimate of drug-likeness (QED) is 0.589. The Labute approximate surface area is 106 Å². The lowest BCUT2D eigenvalue weighted by Crippen LogP contribution is -1.80. The third kappa shape index (κ3) is 6.56. The van der Waals surface area contributed by atoms with Gasteiger partial charge < -0.3 is 5.11 Å². The molecular weight excluding hydrogens is 386 g/mol. The summed E-state index contributed by atoms with van der Waals surface area (Å²) in [5, 5.41) is 8.70. The van der Waals surface area contributed by atoms with Crippen molar-refractivity contribution in [3.05, 3.63) is 29.6 Å². The number of aromatic hydroxyl groups is 1. The molecule has 76 valence electrons. The van der Waals surface area contributed by atoms with Crippen molar-refractivity contribution < 1.29 is 14.3 Å². The van der Waals surface area contributed by atoms with Crippen LogP contribution in [0.1, 0.15) is 10.4 Å². The summed E-state index contributed by atoms with van der Waals surface area (Å²) in [5.74, 6) is -1.21. The summed E-state index contributed by atoms with van der Waals surface area (Å²) in [6.07, 6.45) is 0.541. The average Bonchev–Trinajstić information content (AvgIpc) is 2.09. The maximum atomic E-state index is 12.3. The van der Waals surface area contributed by atoms with Crippen LogP contribution in [-0.4, -0.2) is 14.6 Å². The first-order valence-corrected chi connectivity index (χ1v) is 6.08. The Bertz CT molecular complexity index is 306. The first-order chi connectivity index (χ1) is 6.47. The van der Waals surface area contributed by atoms with E-state index in [0.29, 0.717) is 6.29 Å². The molecule has 0 radical (unpaired) electrons. The van der Waals surface area contributed by atoms with E-state index in [4.69, 9.17) is 5.11 Å². The van der Waals surface area contributed by atoms with Gasteiger partial charge in [-0.25, -0.2) is 4.39 Å². The maximum absolute atomic E-state index is 12.3. The molecule has 0 aromatic heterocycles. The smallest absolute Gasteiger partial charge is 0.369 e. The highest BCUT2D eigenvalue weighted by atomic mass is 79.9. The van der Waals surface area contributed by atoms with E-state index in [0.717, 1.165) is 12.1 Å². The van der Waals surface area contributed by atoms with Gasteiger partial charge in [-0.3, -0.25) is 4.79 Å². The molecule has 1 N–H and O–H groups in total. The Morgan fingerprint density at radius 3 is 2.21 bits per heavy atom. The summed E-state index contributed by atoms with van der Waals surface area (Å²) in [7, 11) is 0. The van der Waals surface area contributed by atoms with Crippen molar-refractivity contribution in [3.63, 3.8) is 0 Å². The van der Waals surface area contributed by atoms with Crippen molar-refractivity contribution in [3.8, 4) is 5.75 Å². The topological polar surface area (TPSA) is 37.3 Å². The van der Waals surface area contributed by atoms with Crippen LogP contribution in [0.15, 0.2) is 18.2 Å². The fourth-order valence-corrected chi connectivity index (χ4v) is 0.603. The van der Waals surface area contributed by atoms with E-state index < -0.39 is 11.6 Å². The van der Waals surface area contributed by atoms with Gasteiger partial charge in [0.15, 0.2) is 11.6 Å². The zero-order valence-electron chi connectivity index (χ0n) is 6.75. The highest BCUT2D eigenvalue weighted by molar-refractivity contribution is 9.69. The third-order valence-electron chi connectivity index (χ3n) is 1.11. The molecule has 0 spiro atoms. The Hall–Kier alpha value is 0.125. The Balaban J connectivity index is 0.000000364. The number of halogens is 4. The summed E-state index contributed by atoms with van der Waals surface area (Å²) < 4.78 is 12.5. The van der Waals surface area contributed by atoms with E-state index in [1.54, 1.807) is 0 Å². The lowest BCUT2D eigenvalue weighted by molar-refractivity contribution is 0.112. The normalized spacial score (nSPS) is 8.57. The monoisotopic (exact) mass is 388 g/mol. The van der Waals surface area contributed by atoms with Gasteiger partial charge in [-0.2, -0.15) is 0 Å². The first-order valence-electron chi connectivity index (χ1n) is 3.33. The minimum atomic E-state index is -0.717. The van der Waals surface area contributed by atoms with Gasteiger partial charge >= 0.3 is 3.18 Å². The summed E-state index contributed by atoms with van der Waals surface area (Å²) in [6, 6.07) is 3.41. The van der Waals surface area contributed by atoms with Crippen LogP contribution >= 0.6 is 47.3 Å². The van der Waals surface area contributed by atoms with Crippen LogP contribution in [0.5, 0.6) is 5.75 Å². The second-order valence-electron chi connectivity index (χ2n) is 2.08. The van der Waals surface area contributed by atoms with Gasteiger partial charge in [-0.05, 0) is 18.2 Å². The molecule has 0 atom stereocenters. The number of phenols is 1. The van der Waals surface area contributed by atoms with Crippen LogP contribution in [0.4, 0.5) is 4.39 Å². The summed E-state index contributed by atoms with van der Waals surface area (Å²) in [4.78, 5) is 10.0. The number of phenolic OH excluding ortho intramolecular Hbond substituents is 1. The number of rotatable bonds is 1. The van der Waals surface area contributed by atoms with Crippen molar-refractivity contribution in [2.24, 2.45) is 0 Å². The molecule has 1 aromatic rings. The minimum absolute atomic E-state index is 0.263. The average molecular weight is 391 g/mol. The molecule has 0 bridgehead atoms. The fraction of sp³-hybridized carbons (Fsp3) is 0. The summed E-state index contributed by atoms with van der Waals surface area (Å²) in [6.45, 7) is 0. The molecule has 0 aliphatic carbocycles. The molecule has 7 heteroatoms. The number of carbonyl (C=O) groups is 1. The van der Waals surface area contributed by atoms with Gasteiger partial charge in [0.2, 0.25) is 0 Å². The van der Waals surface area contributed by atoms with Crippen LogP contribution in [0, 0.1) is 5.82 Å². The number of hydrogen-bond acceptors (Lipinski definition) is 2. The van der Waals surface area contributed by atoms with Crippen molar-refractivity contribution in [2.75, 3.05) is 0 Å². The van der Waals surface area contributed by atoms with E-state index in [-0.39, 0.29) is 8.75 Å². The summed E-state index contributed by atoms with van der Waals surface area (Å²) >= 11 is 9.31. The van der Waals surface area contributed by atoms with Crippen LogP contribution in [0.2, 0.25) is 0 Å². The van der Waals surface area contributed by atoms with Crippen LogP contribution in [0.25, 0.3) is 0 Å². The van der Waals surface area contributed by atoms with Gasteiger partial charge in [0.1, 0.15) is 6.29 Å². The molecule has 0 saturated heterocycles. The predicted octanol–water partition coefficient (Wildman–Crippen LogP) is 3.50. The number of carbonyl (C=O) groups excluding carboxylic acids is 1.